The number of likely N-dealkylation sites (tertiary alicyclic amines) is 1. The third kappa shape index (κ3) is 5.14. The van der Waals surface area contributed by atoms with Gasteiger partial charge in [0.05, 0.1) is 32.3 Å². The lowest BCUT2D eigenvalue weighted by atomic mass is 9.95. The van der Waals surface area contributed by atoms with Gasteiger partial charge in [0, 0.05) is 25.6 Å². The number of benzene rings is 2. The first kappa shape index (κ1) is 24.1. The largest absolute Gasteiger partial charge is 0.497 e. The molecule has 0 radical (unpaired) electrons. The number of hydrogen-bond acceptors (Lipinski definition) is 5. The molecular weight excluding hydrogens is 456 g/mol. The minimum Gasteiger partial charge on any atom is -0.497 e. The van der Waals surface area contributed by atoms with E-state index in [-0.39, 0.29) is 23.8 Å². The van der Waals surface area contributed by atoms with E-state index in [0.29, 0.717) is 51.3 Å². The minimum absolute atomic E-state index is 0.0556. The molecule has 36 heavy (non-hydrogen) atoms. The summed E-state index contributed by atoms with van der Waals surface area (Å²) < 4.78 is 13.3. The molecule has 2 aliphatic heterocycles. The number of nitrogens with one attached hydrogen (secondary N) is 1. The van der Waals surface area contributed by atoms with Gasteiger partial charge in [-0.25, -0.2) is 4.98 Å². The van der Waals surface area contributed by atoms with Crippen molar-refractivity contribution in [1.29, 1.82) is 0 Å². The molecule has 1 fully saturated rings. The predicted octanol–water partition coefficient (Wildman–Crippen LogP) is 3.64. The Balaban J connectivity index is 1.15. The van der Waals surface area contributed by atoms with Crippen LogP contribution >= 0.6 is 0 Å². The Morgan fingerprint density at radius 3 is 2.50 bits per heavy atom. The molecule has 1 N–H and O–H groups in total. The summed E-state index contributed by atoms with van der Waals surface area (Å²) in [5.74, 6) is 0.691. The van der Waals surface area contributed by atoms with Crippen LogP contribution in [0.1, 0.15) is 51.8 Å². The quantitative estimate of drug-likeness (QED) is 0.573. The summed E-state index contributed by atoms with van der Waals surface area (Å²) in [5, 5.41) is 3.04. The Labute approximate surface area is 211 Å². The van der Waals surface area contributed by atoms with Gasteiger partial charge in [0.25, 0.3) is 5.91 Å². The number of rotatable bonds is 6. The van der Waals surface area contributed by atoms with E-state index >= 15 is 0 Å². The summed E-state index contributed by atoms with van der Waals surface area (Å²) in [6, 6.07) is 16.0. The highest BCUT2D eigenvalue weighted by Crippen LogP contribution is 2.30. The first-order valence-electron chi connectivity index (χ1n) is 12.4. The predicted molar refractivity (Wildman–Crippen MR) is 134 cm³/mol. The van der Waals surface area contributed by atoms with Crippen LogP contribution in [-0.2, 0) is 29.2 Å². The molecule has 2 aromatic carbocycles. The number of carbonyl (C=O) groups is 2. The lowest BCUT2D eigenvalue weighted by Gasteiger charge is -2.31. The standard InChI is InChI=1S/C28H32N4O4/c1-19-3-5-20(6-4-19)15-29-27(33)22-11-13-31(14-12-22)28(34)26-24-17-36-25(16-32(24)18-30-26)21-7-9-23(35-2)10-8-21/h3-10,18,22,25H,11-17H2,1-2H3,(H,29,33)/t25-/m1/s1. The minimum atomic E-state index is -0.102. The van der Waals surface area contributed by atoms with Crippen molar-refractivity contribution in [2.24, 2.45) is 5.92 Å². The summed E-state index contributed by atoms with van der Waals surface area (Å²) in [7, 11) is 1.65. The third-order valence-electron chi connectivity index (χ3n) is 7.16. The van der Waals surface area contributed by atoms with Gasteiger partial charge in [-0.05, 0) is 43.0 Å². The SMILES string of the molecule is COc1ccc([C@H]2Cn3cnc(C(=O)N4CCC(C(=O)NCc5ccc(C)cc5)CC4)c3CO2)cc1. The van der Waals surface area contributed by atoms with Gasteiger partial charge in [-0.3, -0.25) is 9.59 Å². The third-order valence-corrected chi connectivity index (χ3v) is 7.16. The smallest absolute Gasteiger partial charge is 0.274 e. The molecule has 188 valence electrons. The van der Waals surface area contributed by atoms with E-state index in [9.17, 15) is 9.59 Å². The highest BCUT2D eigenvalue weighted by molar-refractivity contribution is 5.93. The van der Waals surface area contributed by atoms with Crippen LogP contribution in [0.3, 0.4) is 0 Å². The van der Waals surface area contributed by atoms with E-state index in [4.69, 9.17) is 9.47 Å². The zero-order valence-corrected chi connectivity index (χ0v) is 20.8. The number of imidazole rings is 1. The van der Waals surface area contributed by atoms with E-state index in [1.807, 2.05) is 64.9 Å². The lowest BCUT2D eigenvalue weighted by molar-refractivity contribution is -0.126. The molecule has 2 amide bonds. The van der Waals surface area contributed by atoms with Gasteiger partial charge in [0.2, 0.25) is 5.91 Å². The maximum absolute atomic E-state index is 13.2. The maximum atomic E-state index is 13.2. The van der Waals surface area contributed by atoms with Crippen LogP contribution in [0.5, 0.6) is 5.75 Å². The Morgan fingerprint density at radius 2 is 1.81 bits per heavy atom. The monoisotopic (exact) mass is 488 g/mol. The van der Waals surface area contributed by atoms with Crippen molar-refractivity contribution in [1.82, 2.24) is 19.8 Å². The Kier molecular flexibility index (Phi) is 7.04. The summed E-state index contributed by atoms with van der Waals surface area (Å²) in [5.41, 5.74) is 4.60. The lowest BCUT2D eigenvalue weighted by Crippen LogP contribution is -2.43. The number of piperidine rings is 1. The molecule has 1 atom stereocenters. The molecule has 3 aromatic rings. The molecule has 2 aliphatic rings. The molecule has 1 aromatic heterocycles. The van der Waals surface area contributed by atoms with E-state index in [2.05, 4.69) is 10.3 Å². The molecule has 0 bridgehead atoms. The van der Waals surface area contributed by atoms with Gasteiger partial charge < -0.3 is 24.3 Å². The molecule has 3 heterocycles. The number of aromatic nitrogens is 2. The van der Waals surface area contributed by atoms with Crippen molar-refractivity contribution < 1.29 is 19.1 Å². The van der Waals surface area contributed by atoms with Gasteiger partial charge in [-0.15, -0.1) is 0 Å². The van der Waals surface area contributed by atoms with Crippen LogP contribution in [0, 0.1) is 12.8 Å². The van der Waals surface area contributed by atoms with Gasteiger partial charge in [0.15, 0.2) is 5.69 Å². The second kappa shape index (κ2) is 10.5. The van der Waals surface area contributed by atoms with Crippen molar-refractivity contribution in [3.8, 4) is 5.75 Å². The number of carbonyl (C=O) groups excluding carboxylic acids is 2. The molecule has 0 unspecified atom stereocenters. The topological polar surface area (TPSA) is 85.7 Å². The zero-order chi connectivity index (χ0) is 25.1. The average molecular weight is 489 g/mol. The number of hydrogen-bond donors (Lipinski definition) is 1. The van der Waals surface area contributed by atoms with Crippen molar-refractivity contribution in [2.45, 2.75) is 45.6 Å². The second-order valence-electron chi connectivity index (χ2n) is 9.53. The van der Waals surface area contributed by atoms with E-state index < -0.39 is 0 Å². The molecule has 8 heteroatoms. The summed E-state index contributed by atoms with van der Waals surface area (Å²) in [4.78, 5) is 32.2. The number of ether oxygens (including phenoxy) is 2. The van der Waals surface area contributed by atoms with Crippen LogP contribution < -0.4 is 10.1 Å². The number of methoxy groups -OCH3 is 1. The van der Waals surface area contributed by atoms with Crippen LogP contribution in [0.25, 0.3) is 0 Å². The molecule has 8 nitrogen and oxygen atoms in total. The van der Waals surface area contributed by atoms with E-state index in [0.717, 1.165) is 22.6 Å². The fraction of sp³-hybridized carbons (Fsp3) is 0.393. The van der Waals surface area contributed by atoms with Crippen LogP contribution in [0.4, 0.5) is 0 Å². The fourth-order valence-electron chi connectivity index (χ4n) is 4.86. The van der Waals surface area contributed by atoms with Crippen molar-refractivity contribution in [2.75, 3.05) is 20.2 Å². The normalized spacial score (nSPS) is 17.9. The Morgan fingerprint density at radius 1 is 1.08 bits per heavy atom. The summed E-state index contributed by atoms with van der Waals surface area (Å²) in [6.45, 7) is 4.59. The first-order chi connectivity index (χ1) is 17.5. The van der Waals surface area contributed by atoms with Gasteiger partial charge >= 0.3 is 0 Å². The highest BCUT2D eigenvalue weighted by atomic mass is 16.5. The van der Waals surface area contributed by atoms with E-state index in [1.54, 1.807) is 13.4 Å². The number of nitrogens with zero attached hydrogens (tertiary/aromatic N) is 3. The number of amides is 2. The van der Waals surface area contributed by atoms with Gasteiger partial charge in [0.1, 0.15) is 11.9 Å². The zero-order valence-electron chi connectivity index (χ0n) is 20.8. The highest BCUT2D eigenvalue weighted by Gasteiger charge is 2.32. The van der Waals surface area contributed by atoms with Crippen molar-refractivity contribution in [3.63, 3.8) is 0 Å². The van der Waals surface area contributed by atoms with Crippen molar-refractivity contribution >= 4 is 11.8 Å². The molecule has 0 spiro atoms. The molecular formula is C28H32N4O4. The Hall–Kier alpha value is -3.65. The van der Waals surface area contributed by atoms with Crippen LogP contribution in [0.2, 0.25) is 0 Å². The van der Waals surface area contributed by atoms with Crippen LogP contribution in [-0.4, -0.2) is 46.5 Å². The van der Waals surface area contributed by atoms with Gasteiger partial charge in [-0.2, -0.15) is 0 Å². The molecule has 1 saturated heterocycles. The van der Waals surface area contributed by atoms with E-state index in [1.165, 1.54) is 5.56 Å². The second-order valence-corrected chi connectivity index (χ2v) is 9.53. The fourth-order valence-corrected chi connectivity index (χ4v) is 4.86. The van der Waals surface area contributed by atoms with Crippen molar-refractivity contribution in [3.05, 3.63) is 82.9 Å². The number of aryl methyl sites for hydroxylation is 1. The molecule has 0 aliphatic carbocycles. The molecule has 0 saturated carbocycles. The Bertz CT molecular complexity index is 1210. The maximum Gasteiger partial charge on any atom is 0.274 e. The molecule has 5 rings (SSSR count). The first-order valence-corrected chi connectivity index (χ1v) is 12.4. The summed E-state index contributed by atoms with van der Waals surface area (Å²) >= 11 is 0. The van der Waals surface area contributed by atoms with Crippen LogP contribution in [0.15, 0.2) is 54.9 Å². The number of fused-ring (bicyclic) bond motifs is 1. The van der Waals surface area contributed by atoms with Gasteiger partial charge in [-0.1, -0.05) is 42.0 Å². The average Bonchev–Trinajstić information content (AvgIpc) is 3.35. The summed E-state index contributed by atoms with van der Waals surface area (Å²) in [6.07, 6.45) is 2.93.